The standard InChI is InChI=1S/C14H28N4O2S/c1-11-13(12(2)18(16-11)9-7-8-15)21(19,20)17(6)10-14(3,4)5/h7-10,15H2,1-6H3. The van der Waals surface area contributed by atoms with Gasteiger partial charge in [0.15, 0.2) is 0 Å². The molecule has 122 valence electrons. The monoisotopic (exact) mass is 316 g/mol. The summed E-state index contributed by atoms with van der Waals surface area (Å²) in [7, 11) is -1.90. The number of nitrogens with two attached hydrogens (primary N) is 1. The lowest BCUT2D eigenvalue weighted by molar-refractivity contribution is 0.310. The Balaban J connectivity index is 3.17. The van der Waals surface area contributed by atoms with Gasteiger partial charge in [0, 0.05) is 20.1 Å². The molecular weight excluding hydrogens is 288 g/mol. The van der Waals surface area contributed by atoms with Crippen LogP contribution < -0.4 is 5.73 Å². The predicted molar refractivity (Wildman–Crippen MR) is 84.6 cm³/mol. The highest BCUT2D eigenvalue weighted by atomic mass is 32.2. The second-order valence-electron chi connectivity index (χ2n) is 6.69. The number of hydrogen-bond acceptors (Lipinski definition) is 4. The molecule has 0 saturated carbocycles. The number of rotatable bonds is 6. The molecule has 0 atom stereocenters. The lowest BCUT2D eigenvalue weighted by atomic mass is 9.97. The van der Waals surface area contributed by atoms with Crippen molar-refractivity contribution >= 4 is 10.0 Å². The number of hydrogen-bond donors (Lipinski definition) is 1. The van der Waals surface area contributed by atoms with Gasteiger partial charge in [0.25, 0.3) is 0 Å². The van der Waals surface area contributed by atoms with Gasteiger partial charge in [-0.2, -0.15) is 5.10 Å². The molecule has 0 unspecified atom stereocenters. The van der Waals surface area contributed by atoms with E-state index >= 15 is 0 Å². The van der Waals surface area contributed by atoms with Crippen molar-refractivity contribution in [1.29, 1.82) is 0 Å². The molecule has 0 aromatic carbocycles. The van der Waals surface area contributed by atoms with Crippen molar-refractivity contribution < 1.29 is 8.42 Å². The fourth-order valence-corrected chi connectivity index (χ4v) is 4.18. The molecule has 0 spiro atoms. The molecule has 0 fully saturated rings. The number of aromatic nitrogens is 2. The molecule has 1 heterocycles. The van der Waals surface area contributed by atoms with Gasteiger partial charge >= 0.3 is 0 Å². The summed E-state index contributed by atoms with van der Waals surface area (Å²) in [6, 6.07) is 0. The van der Waals surface area contributed by atoms with Crippen LogP contribution >= 0.6 is 0 Å². The summed E-state index contributed by atoms with van der Waals surface area (Å²) in [6.45, 7) is 11.3. The summed E-state index contributed by atoms with van der Waals surface area (Å²) in [4.78, 5) is 0.325. The first-order valence-corrected chi connectivity index (χ1v) is 8.65. The van der Waals surface area contributed by atoms with Crippen LogP contribution in [0.3, 0.4) is 0 Å². The van der Waals surface area contributed by atoms with Crippen molar-refractivity contribution in [3.05, 3.63) is 11.4 Å². The van der Waals surface area contributed by atoms with Gasteiger partial charge in [-0.25, -0.2) is 12.7 Å². The van der Waals surface area contributed by atoms with E-state index < -0.39 is 10.0 Å². The summed E-state index contributed by atoms with van der Waals surface area (Å²) in [5, 5.41) is 4.35. The molecule has 6 nitrogen and oxygen atoms in total. The minimum absolute atomic E-state index is 0.0980. The van der Waals surface area contributed by atoms with Crippen LogP contribution in [0.25, 0.3) is 0 Å². The fraction of sp³-hybridized carbons (Fsp3) is 0.786. The largest absolute Gasteiger partial charge is 0.330 e. The molecule has 2 N–H and O–H groups in total. The van der Waals surface area contributed by atoms with Crippen molar-refractivity contribution in [3.8, 4) is 0 Å². The van der Waals surface area contributed by atoms with E-state index in [0.29, 0.717) is 35.9 Å². The molecule has 0 aliphatic heterocycles. The van der Waals surface area contributed by atoms with E-state index in [2.05, 4.69) is 5.10 Å². The van der Waals surface area contributed by atoms with Gasteiger partial charge in [-0.05, 0) is 32.2 Å². The molecule has 7 heteroatoms. The summed E-state index contributed by atoms with van der Waals surface area (Å²) < 4.78 is 28.7. The van der Waals surface area contributed by atoms with Gasteiger partial charge in [0.2, 0.25) is 10.0 Å². The third kappa shape index (κ3) is 4.28. The molecule has 1 aromatic rings. The van der Waals surface area contributed by atoms with Crippen LogP contribution in [0.15, 0.2) is 4.90 Å². The van der Waals surface area contributed by atoms with E-state index in [1.807, 2.05) is 20.8 Å². The van der Waals surface area contributed by atoms with Gasteiger partial charge in [0.1, 0.15) is 4.90 Å². The van der Waals surface area contributed by atoms with Gasteiger partial charge in [-0.1, -0.05) is 20.8 Å². The van der Waals surface area contributed by atoms with Crippen molar-refractivity contribution in [3.63, 3.8) is 0 Å². The van der Waals surface area contributed by atoms with Crippen LogP contribution in [0.4, 0.5) is 0 Å². The molecule has 0 saturated heterocycles. The molecule has 0 aliphatic carbocycles. The Hall–Kier alpha value is -0.920. The van der Waals surface area contributed by atoms with Gasteiger partial charge < -0.3 is 5.73 Å². The minimum atomic E-state index is -3.52. The van der Waals surface area contributed by atoms with Crippen LogP contribution in [0, 0.1) is 19.3 Å². The summed E-state index contributed by atoms with van der Waals surface area (Å²) in [5.41, 5.74) is 6.64. The van der Waals surface area contributed by atoms with Gasteiger partial charge in [-0.15, -0.1) is 0 Å². The number of sulfonamides is 1. The molecule has 0 aliphatic rings. The Morgan fingerprint density at radius 3 is 2.33 bits per heavy atom. The quantitative estimate of drug-likeness (QED) is 0.862. The zero-order chi connectivity index (χ0) is 16.4. The topological polar surface area (TPSA) is 81.2 Å². The average molecular weight is 316 g/mol. The molecule has 0 bridgehead atoms. The van der Waals surface area contributed by atoms with Crippen molar-refractivity contribution in [2.45, 2.75) is 52.5 Å². The van der Waals surface area contributed by atoms with Crippen LogP contribution in [0.2, 0.25) is 0 Å². The van der Waals surface area contributed by atoms with Gasteiger partial charge in [-0.3, -0.25) is 4.68 Å². The Morgan fingerprint density at radius 1 is 1.29 bits per heavy atom. The molecule has 21 heavy (non-hydrogen) atoms. The maximum Gasteiger partial charge on any atom is 0.246 e. The average Bonchev–Trinajstić information content (AvgIpc) is 2.59. The van der Waals surface area contributed by atoms with E-state index in [9.17, 15) is 8.42 Å². The number of aryl methyl sites for hydroxylation is 2. The molecule has 1 rings (SSSR count). The van der Waals surface area contributed by atoms with Crippen molar-refractivity contribution in [2.24, 2.45) is 11.1 Å². The highest BCUT2D eigenvalue weighted by Gasteiger charge is 2.30. The van der Waals surface area contributed by atoms with Crippen LogP contribution in [-0.2, 0) is 16.6 Å². The summed E-state index contributed by atoms with van der Waals surface area (Å²) in [5.74, 6) is 0. The molecular formula is C14H28N4O2S. The lowest BCUT2D eigenvalue weighted by Crippen LogP contribution is -2.35. The Bertz CT molecular complexity index is 585. The first-order chi connectivity index (χ1) is 9.50. The second-order valence-corrected chi connectivity index (χ2v) is 8.67. The third-order valence-corrected chi connectivity index (χ3v) is 5.31. The van der Waals surface area contributed by atoms with Crippen molar-refractivity contribution in [1.82, 2.24) is 14.1 Å². The Labute approximate surface area is 128 Å². The highest BCUT2D eigenvalue weighted by molar-refractivity contribution is 7.89. The first kappa shape index (κ1) is 18.1. The first-order valence-electron chi connectivity index (χ1n) is 7.21. The second kappa shape index (κ2) is 6.46. The molecule has 0 radical (unpaired) electrons. The van der Waals surface area contributed by atoms with E-state index in [1.54, 1.807) is 25.6 Å². The Morgan fingerprint density at radius 2 is 1.86 bits per heavy atom. The normalized spacial score (nSPS) is 13.1. The number of nitrogens with zero attached hydrogens (tertiary/aromatic N) is 3. The summed E-state index contributed by atoms with van der Waals surface area (Å²) in [6.07, 6.45) is 0.777. The van der Waals surface area contributed by atoms with Crippen molar-refractivity contribution in [2.75, 3.05) is 20.1 Å². The van der Waals surface area contributed by atoms with E-state index in [1.165, 1.54) is 4.31 Å². The van der Waals surface area contributed by atoms with Crippen LogP contribution in [-0.4, -0.2) is 42.6 Å². The minimum Gasteiger partial charge on any atom is -0.330 e. The Kier molecular flexibility index (Phi) is 5.57. The van der Waals surface area contributed by atoms with E-state index in [4.69, 9.17) is 5.73 Å². The third-order valence-electron chi connectivity index (χ3n) is 3.25. The zero-order valence-electron chi connectivity index (χ0n) is 14.0. The SMILES string of the molecule is Cc1nn(CCCN)c(C)c1S(=O)(=O)N(C)CC(C)(C)C. The molecule has 0 amide bonds. The highest BCUT2D eigenvalue weighted by Crippen LogP contribution is 2.25. The fourth-order valence-electron chi connectivity index (χ4n) is 2.42. The van der Waals surface area contributed by atoms with Crippen LogP contribution in [0.5, 0.6) is 0 Å². The maximum absolute atomic E-state index is 12.8. The van der Waals surface area contributed by atoms with E-state index in [0.717, 1.165) is 6.42 Å². The zero-order valence-corrected chi connectivity index (χ0v) is 14.8. The molecule has 1 aromatic heterocycles. The van der Waals surface area contributed by atoms with Crippen LogP contribution in [0.1, 0.15) is 38.6 Å². The summed E-state index contributed by atoms with van der Waals surface area (Å²) >= 11 is 0. The predicted octanol–water partition coefficient (Wildman–Crippen LogP) is 1.52. The van der Waals surface area contributed by atoms with E-state index in [-0.39, 0.29) is 5.41 Å². The maximum atomic E-state index is 12.8. The van der Waals surface area contributed by atoms with Gasteiger partial charge in [0.05, 0.1) is 11.4 Å². The lowest BCUT2D eigenvalue weighted by Gasteiger charge is -2.26. The smallest absolute Gasteiger partial charge is 0.246 e.